The van der Waals surface area contributed by atoms with Crippen molar-refractivity contribution in [2.45, 2.75) is 69.2 Å². The van der Waals surface area contributed by atoms with Crippen LogP contribution in [0.3, 0.4) is 0 Å². The van der Waals surface area contributed by atoms with Gasteiger partial charge in [-0.1, -0.05) is 10.4 Å². The van der Waals surface area contributed by atoms with Crippen molar-refractivity contribution < 1.29 is 0 Å². The monoisotopic (exact) mass is 555 g/mol. The fourth-order valence-corrected chi connectivity index (χ4v) is 2.84. The summed E-state index contributed by atoms with van der Waals surface area (Å²) in [5.41, 5.74) is 8.30. The molecule has 0 amide bonds. The Balaban J connectivity index is 0.000000250. The molecule has 0 atom stereocenters. The number of rotatable bonds is 0. The first-order valence-corrected chi connectivity index (χ1v) is 12.7. The van der Waals surface area contributed by atoms with Gasteiger partial charge in [0.1, 0.15) is 11.6 Å². The maximum Gasteiger partial charge on any atom is 0.147 e. The van der Waals surface area contributed by atoms with Crippen molar-refractivity contribution in [3.8, 4) is 0 Å². The highest BCUT2D eigenvalue weighted by atomic mass is 15.5. The number of hydrogen-bond acceptors (Lipinski definition) is 10. The summed E-state index contributed by atoms with van der Waals surface area (Å²) in [6, 6.07) is 0. The maximum absolute atomic E-state index is 4.06. The van der Waals surface area contributed by atoms with E-state index in [9.17, 15) is 0 Å². The highest BCUT2D eigenvalue weighted by Gasteiger charge is 1.98. The summed E-state index contributed by atoms with van der Waals surface area (Å²) in [7, 11) is 9.29. The van der Waals surface area contributed by atoms with Crippen molar-refractivity contribution in [3.05, 3.63) is 57.2 Å². The average Bonchev–Trinajstić information content (AvgIpc) is 3.61. The van der Waals surface area contributed by atoms with Gasteiger partial charge in [-0.05, 0) is 69.2 Å². The van der Waals surface area contributed by atoms with Gasteiger partial charge in [0, 0.05) is 35.2 Å². The van der Waals surface area contributed by atoms with E-state index in [0.717, 1.165) is 57.2 Å². The fraction of sp³-hybridized carbons (Fsp3) is 0.600. The number of nitrogens with zero attached hydrogens (tertiary/aromatic N) is 15. The minimum Gasteiger partial charge on any atom is -0.253 e. The van der Waals surface area contributed by atoms with Gasteiger partial charge in [-0.3, -0.25) is 14.0 Å². The molecule has 220 valence electrons. The second-order valence-corrected chi connectivity index (χ2v) is 9.32. The van der Waals surface area contributed by atoms with Gasteiger partial charge >= 0.3 is 0 Å². The van der Waals surface area contributed by atoms with E-state index in [2.05, 4.69) is 51.1 Å². The molecule has 0 aliphatic rings. The van der Waals surface area contributed by atoms with Crippen molar-refractivity contribution >= 4 is 0 Å². The van der Waals surface area contributed by atoms with Crippen molar-refractivity contribution in [2.75, 3.05) is 0 Å². The van der Waals surface area contributed by atoms with Gasteiger partial charge < -0.3 is 0 Å². The van der Waals surface area contributed by atoms with Crippen molar-refractivity contribution in [1.82, 2.24) is 74.7 Å². The molecule has 0 radical (unpaired) electrons. The molecule has 0 bridgehead atoms. The first kappa shape index (κ1) is 33.7. The van der Waals surface area contributed by atoms with Crippen LogP contribution in [0.1, 0.15) is 57.2 Å². The Kier molecular flexibility index (Phi) is 12.9. The van der Waals surface area contributed by atoms with E-state index in [4.69, 9.17) is 0 Å². The molecule has 5 heterocycles. The van der Waals surface area contributed by atoms with E-state index in [1.54, 1.807) is 23.6 Å². The Hall–Kier alpha value is -4.30. The Morgan fingerprint density at radius 1 is 0.400 bits per heavy atom. The minimum absolute atomic E-state index is 0.838. The first-order valence-electron chi connectivity index (χ1n) is 12.7. The highest BCUT2D eigenvalue weighted by molar-refractivity contribution is 5.04. The summed E-state index contributed by atoms with van der Waals surface area (Å²) in [5.74, 6) is 1.80. The van der Waals surface area contributed by atoms with Crippen LogP contribution in [0, 0.1) is 69.2 Å². The van der Waals surface area contributed by atoms with Crippen LogP contribution in [-0.4, -0.2) is 74.7 Å². The molecule has 0 saturated heterocycles. The molecule has 0 aliphatic heterocycles. The fourth-order valence-electron chi connectivity index (χ4n) is 2.84. The Bertz CT molecular complexity index is 1210. The smallest absolute Gasteiger partial charge is 0.147 e. The summed E-state index contributed by atoms with van der Waals surface area (Å²) >= 11 is 0. The molecule has 0 spiro atoms. The van der Waals surface area contributed by atoms with E-state index in [-0.39, 0.29) is 0 Å². The third-order valence-corrected chi connectivity index (χ3v) is 5.99. The molecule has 0 unspecified atom stereocenters. The van der Waals surface area contributed by atoms with E-state index < -0.39 is 0 Å². The molecule has 40 heavy (non-hydrogen) atoms. The summed E-state index contributed by atoms with van der Waals surface area (Å²) in [6.45, 7) is 19.5. The molecule has 0 aliphatic carbocycles. The maximum atomic E-state index is 4.06. The van der Waals surface area contributed by atoms with Gasteiger partial charge in [0.15, 0.2) is 0 Å². The van der Waals surface area contributed by atoms with Gasteiger partial charge in [0.2, 0.25) is 0 Å². The molecule has 5 aromatic rings. The average molecular weight is 556 g/mol. The van der Waals surface area contributed by atoms with Crippen molar-refractivity contribution in [1.29, 1.82) is 0 Å². The zero-order chi connectivity index (χ0) is 30.7. The number of hydrogen-bond donors (Lipinski definition) is 0. The molecule has 0 fully saturated rings. The van der Waals surface area contributed by atoms with Crippen LogP contribution in [0.15, 0.2) is 0 Å². The molecular weight excluding hydrogens is 510 g/mol. The normalized spacial score (nSPS) is 9.88. The molecule has 5 aromatic heterocycles. The molecular formula is C25H45N15. The van der Waals surface area contributed by atoms with E-state index in [1.165, 1.54) is 0 Å². The topological polar surface area (TPSA) is 154 Å². The lowest BCUT2D eigenvalue weighted by Crippen LogP contribution is -1.92. The first-order chi connectivity index (χ1) is 18.5. The van der Waals surface area contributed by atoms with Gasteiger partial charge in [0.25, 0.3) is 0 Å². The van der Waals surface area contributed by atoms with Crippen LogP contribution >= 0.6 is 0 Å². The standard InChI is InChI=1S/5C5H9N3/c1-4-6-5(2)8(3)7-4;2*1-4-5(2)8(3)7-6-4;2*1-4-5(2)7-8(3)6-4/h5*1-3H3. The van der Waals surface area contributed by atoms with Gasteiger partial charge in [0.05, 0.1) is 45.6 Å². The van der Waals surface area contributed by atoms with E-state index >= 15 is 0 Å². The zero-order valence-corrected chi connectivity index (χ0v) is 26.7. The molecule has 15 heteroatoms. The van der Waals surface area contributed by atoms with Crippen LogP contribution in [-0.2, 0) is 35.2 Å². The largest absolute Gasteiger partial charge is 0.253 e. The van der Waals surface area contributed by atoms with E-state index in [0.29, 0.717) is 0 Å². The Labute approximate surface area is 236 Å². The van der Waals surface area contributed by atoms with Crippen molar-refractivity contribution in [3.63, 3.8) is 0 Å². The van der Waals surface area contributed by atoms with Crippen molar-refractivity contribution in [2.24, 2.45) is 35.2 Å². The predicted octanol–water partition coefficient (Wildman–Crippen LogP) is 2.16. The molecule has 5 rings (SSSR count). The van der Waals surface area contributed by atoms with Crippen LogP contribution in [0.5, 0.6) is 0 Å². The Morgan fingerprint density at radius 3 is 0.800 bits per heavy atom. The van der Waals surface area contributed by atoms with Crippen LogP contribution in [0.25, 0.3) is 0 Å². The second kappa shape index (κ2) is 15.3. The molecule has 0 saturated carbocycles. The summed E-state index contributed by atoms with van der Waals surface area (Å²) in [5, 5.41) is 35.3. The SMILES string of the molecule is Cc1nc(C)n(C)n1.Cc1nn(C)nc1C.Cc1nn(C)nc1C.Cc1nnn(C)c1C.Cc1nnn(C)c1C. The lowest BCUT2D eigenvalue weighted by molar-refractivity contribution is 0.645. The molecule has 0 aromatic carbocycles. The molecule has 15 nitrogen and oxygen atoms in total. The summed E-state index contributed by atoms with van der Waals surface area (Å²) in [6.07, 6.45) is 0. The lowest BCUT2D eigenvalue weighted by Gasteiger charge is -1.87. The van der Waals surface area contributed by atoms with Gasteiger partial charge in [-0.2, -0.15) is 35.1 Å². The third-order valence-electron chi connectivity index (χ3n) is 5.99. The van der Waals surface area contributed by atoms with Crippen LogP contribution in [0.4, 0.5) is 0 Å². The number of aryl methyl sites for hydroxylation is 13. The van der Waals surface area contributed by atoms with E-state index in [1.807, 2.05) is 104 Å². The summed E-state index contributed by atoms with van der Waals surface area (Å²) < 4.78 is 5.28. The molecule has 0 N–H and O–H groups in total. The zero-order valence-electron chi connectivity index (χ0n) is 26.7. The minimum atomic E-state index is 0.838. The highest BCUT2D eigenvalue weighted by Crippen LogP contribution is 1.98. The van der Waals surface area contributed by atoms with Crippen LogP contribution in [0.2, 0.25) is 0 Å². The van der Waals surface area contributed by atoms with Gasteiger partial charge in [-0.25, -0.2) is 4.98 Å². The number of aromatic nitrogens is 15. The lowest BCUT2D eigenvalue weighted by atomic mass is 10.4. The quantitative estimate of drug-likeness (QED) is 0.278. The van der Waals surface area contributed by atoms with Gasteiger partial charge in [-0.15, -0.1) is 10.2 Å². The summed E-state index contributed by atoms with van der Waals surface area (Å²) in [4.78, 5) is 7.21. The van der Waals surface area contributed by atoms with Crippen LogP contribution < -0.4 is 0 Å². The second-order valence-electron chi connectivity index (χ2n) is 9.32. The Morgan fingerprint density at radius 2 is 0.725 bits per heavy atom. The third kappa shape index (κ3) is 10.8. The predicted molar refractivity (Wildman–Crippen MR) is 152 cm³/mol.